The van der Waals surface area contributed by atoms with Crippen LogP contribution in [-0.4, -0.2) is 49.3 Å². The molecular formula is C8H17NO3. The lowest BCUT2D eigenvalue weighted by molar-refractivity contribution is -0.153. The molecule has 12 heavy (non-hydrogen) atoms. The molecule has 1 atom stereocenters. The summed E-state index contributed by atoms with van der Waals surface area (Å²) in [4.78, 5) is 12.8. The first kappa shape index (κ1) is 11.4. The predicted molar refractivity (Wildman–Crippen MR) is 45.8 cm³/mol. The molecule has 0 saturated carbocycles. The van der Waals surface area contributed by atoms with Crippen LogP contribution in [0, 0.1) is 0 Å². The summed E-state index contributed by atoms with van der Waals surface area (Å²) in [7, 11) is 3.77. The number of esters is 1. The monoisotopic (exact) mass is 175 g/mol. The number of nitrogens with zero attached hydrogens (tertiary/aromatic N) is 1. The van der Waals surface area contributed by atoms with Crippen molar-refractivity contribution in [3.8, 4) is 0 Å². The van der Waals surface area contributed by atoms with Gasteiger partial charge in [0.1, 0.15) is 0 Å². The van der Waals surface area contributed by atoms with Crippen molar-refractivity contribution < 1.29 is 14.6 Å². The number of carbonyl (C=O) groups excluding carboxylic acids is 1. The molecule has 0 aromatic heterocycles. The van der Waals surface area contributed by atoms with Crippen molar-refractivity contribution >= 4 is 5.97 Å². The van der Waals surface area contributed by atoms with Gasteiger partial charge in [0.15, 0.2) is 6.10 Å². The average Bonchev–Trinajstić information content (AvgIpc) is 2.00. The lowest BCUT2D eigenvalue weighted by atomic mass is 10.2. The van der Waals surface area contributed by atoms with Gasteiger partial charge < -0.3 is 14.7 Å². The summed E-state index contributed by atoms with van der Waals surface area (Å²) in [6.45, 7) is 2.72. The van der Waals surface area contributed by atoms with E-state index in [0.29, 0.717) is 19.6 Å². The topological polar surface area (TPSA) is 49.8 Å². The molecule has 0 aliphatic rings. The van der Waals surface area contributed by atoms with Crippen molar-refractivity contribution in [3.05, 3.63) is 0 Å². The second kappa shape index (κ2) is 5.97. The van der Waals surface area contributed by atoms with Crippen LogP contribution in [-0.2, 0) is 9.53 Å². The van der Waals surface area contributed by atoms with Crippen LogP contribution in [0.3, 0.4) is 0 Å². The first-order valence-electron chi connectivity index (χ1n) is 4.07. The van der Waals surface area contributed by atoms with Crippen molar-refractivity contribution in [1.29, 1.82) is 0 Å². The van der Waals surface area contributed by atoms with Gasteiger partial charge in [-0.3, -0.25) is 0 Å². The molecule has 0 saturated heterocycles. The molecule has 0 aliphatic heterocycles. The van der Waals surface area contributed by atoms with Gasteiger partial charge in [0.25, 0.3) is 0 Å². The molecular weight excluding hydrogens is 158 g/mol. The van der Waals surface area contributed by atoms with E-state index in [9.17, 15) is 9.90 Å². The molecule has 0 heterocycles. The maximum atomic E-state index is 10.9. The number of ether oxygens (including phenoxy) is 1. The van der Waals surface area contributed by atoms with E-state index in [-0.39, 0.29) is 0 Å². The zero-order chi connectivity index (χ0) is 9.56. The lowest BCUT2D eigenvalue weighted by Gasteiger charge is -2.12. The van der Waals surface area contributed by atoms with Crippen LogP contribution in [0.5, 0.6) is 0 Å². The predicted octanol–water partition coefficient (Wildman–Crippen LogP) is -0.138. The van der Waals surface area contributed by atoms with Gasteiger partial charge in [0.05, 0.1) is 6.61 Å². The number of hydrogen-bond donors (Lipinski definition) is 1. The fourth-order valence-electron chi connectivity index (χ4n) is 0.737. The van der Waals surface area contributed by atoms with Crippen LogP contribution >= 0.6 is 0 Å². The van der Waals surface area contributed by atoms with Crippen LogP contribution in [0.4, 0.5) is 0 Å². The SMILES string of the molecule is CCOC(=O)C(O)CCN(C)C. The highest BCUT2D eigenvalue weighted by molar-refractivity contribution is 5.74. The molecule has 0 aliphatic carbocycles. The van der Waals surface area contributed by atoms with Crippen molar-refractivity contribution in [2.24, 2.45) is 0 Å². The fourth-order valence-corrected chi connectivity index (χ4v) is 0.737. The number of aliphatic hydroxyl groups is 1. The zero-order valence-corrected chi connectivity index (χ0v) is 7.91. The van der Waals surface area contributed by atoms with Gasteiger partial charge in [0.2, 0.25) is 0 Å². The Bertz CT molecular complexity index is 136. The molecule has 0 fully saturated rings. The minimum Gasteiger partial charge on any atom is -0.464 e. The van der Waals surface area contributed by atoms with E-state index in [1.807, 2.05) is 19.0 Å². The molecule has 0 amide bonds. The molecule has 0 rings (SSSR count). The summed E-state index contributed by atoms with van der Waals surface area (Å²) in [5.41, 5.74) is 0. The van der Waals surface area contributed by atoms with E-state index in [0.717, 1.165) is 0 Å². The summed E-state index contributed by atoms with van der Waals surface area (Å²) in [6.07, 6.45) is -0.557. The Morgan fingerprint density at radius 3 is 2.58 bits per heavy atom. The Labute approximate surface area is 73.1 Å². The van der Waals surface area contributed by atoms with E-state index >= 15 is 0 Å². The van der Waals surface area contributed by atoms with Crippen LogP contribution in [0.1, 0.15) is 13.3 Å². The van der Waals surface area contributed by atoms with E-state index in [1.54, 1.807) is 6.92 Å². The summed E-state index contributed by atoms with van der Waals surface area (Å²) >= 11 is 0. The van der Waals surface area contributed by atoms with E-state index < -0.39 is 12.1 Å². The number of carbonyl (C=O) groups is 1. The average molecular weight is 175 g/mol. The zero-order valence-electron chi connectivity index (χ0n) is 7.91. The Hall–Kier alpha value is -0.610. The highest BCUT2D eigenvalue weighted by Gasteiger charge is 2.15. The van der Waals surface area contributed by atoms with Gasteiger partial charge in [-0.15, -0.1) is 0 Å². The Morgan fingerprint density at radius 2 is 2.17 bits per heavy atom. The highest BCUT2D eigenvalue weighted by atomic mass is 16.5. The number of rotatable bonds is 5. The highest BCUT2D eigenvalue weighted by Crippen LogP contribution is 1.95. The van der Waals surface area contributed by atoms with Crippen molar-refractivity contribution in [1.82, 2.24) is 4.90 Å². The smallest absolute Gasteiger partial charge is 0.334 e. The first-order valence-corrected chi connectivity index (χ1v) is 4.07. The Kier molecular flexibility index (Phi) is 5.66. The maximum Gasteiger partial charge on any atom is 0.334 e. The third-order valence-electron chi connectivity index (χ3n) is 1.41. The molecule has 1 N–H and O–H groups in total. The summed E-state index contributed by atoms with van der Waals surface area (Å²) in [6, 6.07) is 0. The molecule has 4 heteroatoms. The van der Waals surface area contributed by atoms with Gasteiger partial charge >= 0.3 is 5.97 Å². The third-order valence-corrected chi connectivity index (χ3v) is 1.41. The van der Waals surface area contributed by atoms with Gasteiger partial charge in [-0.2, -0.15) is 0 Å². The molecule has 0 radical (unpaired) electrons. The quantitative estimate of drug-likeness (QED) is 0.591. The number of aliphatic hydroxyl groups excluding tert-OH is 1. The molecule has 0 aromatic rings. The van der Waals surface area contributed by atoms with Crippen LogP contribution in [0.2, 0.25) is 0 Å². The van der Waals surface area contributed by atoms with Gasteiger partial charge in [-0.05, 0) is 27.4 Å². The molecule has 72 valence electrons. The third kappa shape index (κ3) is 5.09. The standard InChI is InChI=1S/C8H17NO3/c1-4-12-8(11)7(10)5-6-9(2)3/h7,10H,4-6H2,1-3H3. The molecule has 0 spiro atoms. The van der Waals surface area contributed by atoms with Crippen molar-refractivity contribution in [2.45, 2.75) is 19.4 Å². The normalized spacial score (nSPS) is 13.1. The number of hydrogen-bond acceptors (Lipinski definition) is 4. The Morgan fingerprint density at radius 1 is 1.58 bits per heavy atom. The Balaban J connectivity index is 3.56. The second-order valence-electron chi connectivity index (χ2n) is 2.86. The lowest BCUT2D eigenvalue weighted by Crippen LogP contribution is -2.27. The maximum absolute atomic E-state index is 10.9. The van der Waals surface area contributed by atoms with E-state index in [4.69, 9.17) is 0 Å². The minimum absolute atomic E-state index is 0.317. The second-order valence-corrected chi connectivity index (χ2v) is 2.86. The minimum atomic E-state index is -0.979. The van der Waals surface area contributed by atoms with Gasteiger partial charge in [-0.25, -0.2) is 4.79 Å². The largest absolute Gasteiger partial charge is 0.464 e. The fraction of sp³-hybridized carbons (Fsp3) is 0.875. The van der Waals surface area contributed by atoms with Gasteiger partial charge in [-0.1, -0.05) is 0 Å². The summed E-state index contributed by atoms with van der Waals surface area (Å²) in [5.74, 6) is -0.528. The van der Waals surface area contributed by atoms with E-state index in [2.05, 4.69) is 4.74 Å². The molecule has 0 bridgehead atoms. The van der Waals surface area contributed by atoms with E-state index in [1.165, 1.54) is 0 Å². The van der Waals surface area contributed by atoms with Crippen molar-refractivity contribution in [2.75, 3.05) is 27.2 Å². The first-order chi connectivity index (χ1) is 5.57. The molecule has 4 nitrogen and oxygen atoms in total. The summed E-state index contributed by atoms with van der Waals surface area (Å²) < 4.78 is 4.63. The molecule has 1 unspecified atom stereocenters. The van der Waals surface area contributed by atoms with Crippen LogP contribution in [0.15, 0.2) is 0 Å². The van der Waals surface area contributed by atoms with Crippen LogP contribution in [0.25, 0.3) is 0 Å². The summed E-state index contributed by atoms with van der Waals surface area (Å²) in [5, 5.41) is 9.20. The van der Waals surface area contributed by atoms with Crippen LogP contribution < -0.4 is 0 Å². The molecule has 0 aromatic carbocycles. The van der Waals surface area contributed by atoms with Crippen molar-refractivity contribution in [3.63, 3.8) is 0 Å². The van der Waals surface area contributed by atoms with Gasteiger partial charge in [0, 0.05) is 6.54 Å².